The second-order valence-corrected chi connectivity index (χ2v) is 5.76. The molecule has 0 aromatic heterocycles. The third-order valence-electron chi connectivity index (χ3n) is 2.62. The second-order valence-electron chi connectivity index (χ2n) is 5.76. The minimum atomic E-state index is 0.406. The lowest BCUT2D eigenvalue weighted by Crippen LogP contribution is -2.49. The summed E-state index contributed by atoms with van der Waals surface area (Å²) >= 11 is 0. The summed E-state index contributed by atoms with van der Waals surface area (Å²) in [4.78, 5) is 0. The van der Waals surface area contributed by atoms with Gasteiger partial charge in [0, 0.05) is 18.1 Å². The first-order valence-electron chi connectivity index (χ1n) is 5.38. The smallest absolute Gasteiger partial charge is 0.00892 e. The molecule has 3 atom stereocenters. The van der Waals surface area contributed by atoms with Crippen molar-refractivity contribution in [2.24, 2.45) is 11.1 Å². The van der Waals surface area contributed by atoms with E-state index in [0.717, 1.165) is 12.8 Å². The van der Waals surface area contributed by atoms with Crippen molar-refractivity contribution < 1.29 is 0 Å². The highest BCUT2D eigenvalue weighted by molar-refractivity contribution is 4.87. The van der Waals surface area contributed by atoms with Gasteiger partial charge in [0.05, 0.1) is 0 Å². The third kappa shape index (κ3) is 4.10. The van der Waals surface area contributed by atoms with Crippen molar-refractivity contribution >= 4 is 0 Å². The van der Waals surface area contributed by atoms with Crippen molar-refractivity contribution in [1.29, 1.82) is 0 Å². The molecule has 1 heterocycles. The predicted molar refractivity (Wildman–Crippen MR) is 57.7 cm³/mol. The normalized spacial score (nSPS) is 36.2. The summed E-state index contributed by atoms with van der Waals surface area (Å²) in [6, 6.07) is 1.62. The van der Waals surface area contributed by atoms with E-state index in [1.807, 2.05) is 0 Å². The van der Waals surface area contributed by atoms with Gasteiger partial charge in [-0.15, -0.1) is 0 Å². The first-order valence-corrected chi connectivity index (χ1v) is 5.38. The van der Waals surface area contributed by atoms with E-state index in [0.29, 0.717) is 23.5 Å². The van der Waals surface area contributed by atoms with E-state index in [9.17, 15) is 0 Å². The van der Waals surface area contributed by atoms with Gasteiger partial charge in [0.1, 0.15) is 0 Å². The number of hydrogen-bond acceptors (Lipinski definition) is 2. The average Bonchev–Trinajstić information content (AvgIpc) is 1.78. The highest BCUT2D eigenvalue weighted by Gasteiger charge is 2.26. The Balaban J connectivity index is 2.42. The van der Waals surface area contributed by atoms with Crippen LogP contribution in [0.3, 0.4) is 0 Å². The molecule has 2 heteroatoms. The summed E-state index contributed by atoms with van der Waals surface area (Å²) in [5, 5.41) is 3.62. The molecule has 0 unspecified atom stereocenters. The van der Waals surface area contributed by atoms with Crippen LogP contribution in [0.15, 0.2) is 0 Å². The monoisotopic (exact) mass is 184 g/mol. The van der Waals surface area contributed by atoms with Crippen LogP contribution >= 0.6 is 0 Å². The maximum atomic E-state index is 5.99. The van der Waals surface area contributed by atoms with Crippen molar-refractivity contribution in [3.05, 3.63) is 0 Å². The molecule has 0 aliphatic carbocycles. The summed E-state index contributed by atoms with van der Waals surface area (Å²) in [6.07, 6.45) is 3.49. The number of rotatable bonds is 1. The minimum absolute atomic E-state index is 0.406. The van der Waals surface area contributed by atoms with E-state index in [-0.39, 0.29) is 0 Å². The van der Waals surface area contributed by atoms with Gasteiger partial charge < -0.3 is 11.1 Å². The van der Waals surface area contributed by atoms with Gasteiger partial charge in [0.25, 0.3) is 0 Å². The molecule has 0 radical (unpaired) electrons. The number of hydrogen-bond donors (Lipinski definition) is 2. The second kappa shape index (κ2) is 3.97. The molecule has 0 aromatic rings. The highest BCUT2D eigenvalue weighted by atomic mass is 15.0. The summed E-state index contributed by atoms with van der Waals surface area (Å²) in [6.45, 7) is 9.10. The first kappa shape index (κ1) is 11.0. The molecule has 1 saturated heterocycles. The van der Waals surface area contributed by atoms with Crippen LogP contribution in [0.5, 0.6) is 0 Å². The van der Waals surface area contributed by atoms with Crippen LogP contribution in [0, 0.1) is 5.41 Å². The Hall–Kier alpha value is -0.0800. The lowest BCUT2D eigenvalue weighted by atomic mass is 9.83. The van der Waals surface area contributed by atoms with Crippen LogP contribution in [-0.2, 0) is 0 Å². The van der Waals surface area contributed by atoms with Gasteiger partial charge in [-0.05, 0) is 31.6 Å². The molecular weight excluding hydrogens is 160 g/mol. The zero-order valence-electron chi connectivity index (χ0n) is 9.43. The Bertz CT molecular complexity index is 150. The van der Waals surface area contributed by atoms with Crippen LogP contribution in [0.4, 0.5) is 0 Å². The molecule has 13 heavy (non-hydrogen) atoms. The molecule has 0 spiro atoms. The molecular formula is C11H24N2. The standard InChI is InChI=1S/C11H24N2/c1-8-5-9(12)6-10(13-8)7-11(2,3)4/h8-10,13H,5-7,12H2,1-4H3/t8-,9-,10-/m0/s1. The van der Waals surface area contributed by atoms with Gasteiger partial charge in [-0.2, -0.15) is 0 Å². The van der Waals surface area contributed by atoms with E-state index in [1.165, 1.54) is 6.42 Å². The quantitative estimate of drug-likeness (QED) is 0.653. The molecule has 1 aliphatic heterocycles. The molecule has 0 bridgehead atoms. The van der Waals surface area contributed by atoms with Gasteiger partial charge in [-0.3, -0.25) is 0 Å². The Morgan fingerprint density at radius 1 is 1.31 bits per heavy atom. The van der Waals surface area contributed by atoms with Gasteiger partial charge in [-0.25, -0.2) is 0 Å². The number of piperidine rings is 1. The fourth-order valence-electron chi connectivity index (χ4n) is 2.34. The molecule has 78 valence electrons. The van der Waals surface area contributed by atoms with Crippen molar-refractivity contribution in [2.45, 2.75) is 65.1 Å². The van der Waals surface area contributed by atoms with Gasteiger partial charge >= 0.3 is 0 Å². The molecule has 3 N–H and O–H groups in total. The van der Waals surface area contributed by atoms with Crippen LogP contribution in [0.2, 0.25) is 0 Å². The first-order chi connectivity index (χ1) is 5.87. The van der Waals surface area contributed by atoms with Crippen molar-refractivity contribution in [3.63, 3.8) is 0 Å². The molecule has 0 amide bonds. The zero-order valence-corrected chi connectivity index (χ0v) is 9.43. The van der Waals surface area contributed by atoms with E-state index in [2.05, 4.69) is 33.0 Å². The molecule has 1 rings (SSSR count). The number of nitrogens with two attached hydrogens (primary N) is 1. The fourth-order valence-corrected chi connectivity index (χ4v) is 2.34. The van der Waals surface area contributed by atoms with Gasteiger partial charge in [0.15, 0.2) is 0 Å². The number of nitrogens with one attached hydrogen (secondary N) is 1. The van der Waals surface area contributed by atoms with Crippen LogP contribution in [0.25, 0.3) is 0 Å². The minimum Gasteiger partial charge on any atom is -0.328 e. The summed E-state index contributed by atoms with van der Waals surface area (Å²) in [7, 11) is 0. The maximum absolute atomic E-state index is 5.99. The lowest BCUT2D eigenvalue weighted by Gasteiger charge is -2.36. The highest BCUT2D eigenvalue weighted by Crippen LogP contribution is 2.25. The van der Waals surface area contributed by atoms with E-state index in [1.54, 1.807) is 0 Å². The van der Waals surface area contributed by atoms with Gasteiger partial charge in [-0.1, -0.05) is 20.8 Å². The largest absolute Gasteiger partial charge is 0.328 e. The van der Waals surface area contributed by atoms with E-state index < -0.39 is 0 Å². The fraction of sp³-hybridized carbons (Fsp3) is 1.00. The lowest BCUT2D eigenvalue weighted by molar-refractivity contribution is 0.231. The molecule has 1 aliphatic rings. The molecule has 0 saturated carbocycles. The maximum Gasteiger partial charge on any atom is 0.00892 e. The topological polar surface area (TPSA) is 38.0 Å². The van der Waals surface area contributed by atoms with E-state index >= 15 is 0 Å². The summed E-state index contributed by atoms with van der Waals surface area (Å²) in [5.74, 6) is 0. The zero-order chi connectivity index (χ0) is 10.1. The van der Waals surface area contributed by atoms with Crippen molar-refractivity contribution in [1.82, 2.24) is 5.32 Å². The average molecular weight is 184 g/mol. The van der Waals surface area contributed by atoms with Crippen LogP contribution < -0.4 is 11.1 Å². The van der Waals surface area contributed by atoms with E-state index in [4.69, 9.17) is 5.73 Å². The Morgan fingerprint density at radius 3 is 2.38 bits per heavy atom. The van der Waals surface area contributed by atoms with Crippen LogP contribution in [-0.4, -0.2) is 18.1 Å². The van der Waals surface area contributed by atoms with Crippen molar-refractivity contribution in [2.75, 3.05) is 0 Å². The van der Waals surface area contributed by atoms with Gasteiger partial charge in [0.2, 0.25) is 0 Å². The summed E-state index contributed by atoms with van der Waals surface area (Å²) < 4.78 is 0. The summed E-state index contributed by atoms with van der Waals surface area (Å²) in [5.41, 5.74) is 6.41. The Kier molecular flexibility index (Phi) is 3.36. The Labute approximate surface area is 82.3 Å². The Morgan fingerprint density at radius 2 is 1.92 bits per heavy atom. The van der Waals surface area contributed by atoms with Crippen molar-refractivity contribution in [3.8, 4) is 0 Å². The SMILES string of the molecule is C[C@H]1C[C@H](N)C[C@@H](CC(C)(C)C)N1. The third-order valence-corrected chi connectivity index (χ3v) is 2.62. The predicted octanol–water partition coefficient (Wildman–Crippen LogP) is 1.89. The molecule has 0 aromatic carbocycles. The molecule has 2 nitrogen and oxygen atoms in total. The molecule has 1 fully saturated rings. The van der Waals surface area contributed by atoms with Crippen LogP contribution in [0.1, 0.15) is 47.0 Å².